The number of nitro groups is 1. The number of carboxylic acids is 1. The predicted octanol–water partition coefficient (Wildman–Crippen LogP) is 2.24. The fourth-order valence-electron chi connectivity index (χ4n) is 1.99. The van der Waals surface area contributed by atoms with Crippen LogP contribution in [0.5, 0.6) is 11.5 Å². The molecule has 0 saturated heterocycles. The third-order valence-corrected chi connectivity index (χ3v) is 3.38. The van der Waals surface area contributed by atoms with E-state index in [1.807, 2.05) is 0 Å². The van der Waals surface area contributed by atoms with Crippen LogP contribution >= 0.6 is 0 Å². The molecule has 0 amide bonds. The van der Waals surface area contributed by atoms with E-state index in [2.05, 4.69) is 0 Å². The van der Waals surface area contributed by atoms with Gasteiger partial charge in [-0.05, 0) is 18.9 Å². The highest BCUT2D eigenvalue weighted by atomic mass is 16.6. The Bertz CT molecular complexity index is 538. The van der Waals surface area contributed by atoms with Crippen LogP contribution in [0.15, 0.2) is 18.2 Å². The first-order chi connectivity index (χ1) is 9.46. The molecule has 1 aromatic rings. The van der Waals surface area contributed by atoms with E-state index in [9.17, 15) is 14.9 Å². The van der Waals surface area contributed by atoms with Gasteiger partial charge in [-0.25, -0.2) is 0 Å². The van der Waals surface area contributed by atoms with Crippen molar-refractivity contribution in [2.45, 2.75) is 19.3 Å². The number of hydrogen-bond donors (Lipinski definition) is 1. The highest BCUT2D eigenvalue weighted by Crippen LogP contribution is 2.49. The fraction of sp³-hybridized carbons (Fsp3) is 0.462. The van der Waals surface area contributed by atoms with Gasteiger partial charge in [0.05, 0.1) is 25.1 Å². The van der Waals surface area contributed by atoms with Crippen molar-refractivity contribution in [3.8, 4) is 11.5 Å². The topological polar surface area (TPSA) is 98.9 Å². The maximum absolute atomic E-state index is 10.9. The average Bonchev–Trinajstić information content (AvgIpc) is 3.15. The quantitative estimate of drug-likeness (QED) is 0.607. The van der Waals surface area contributed by atoms with Gasteiger partial charge in [-0.3, -0.25) is 14.9 Å². The van der Waals surface area contributed by atoms with Gasteiger partial charge in [0.1, 0.15) is 5.75 Å². The van der Waals surface area contributed by atoms with Crippen LogP contribution in [0.4, 0.5) is 5.69 Å². The monoisotopic (exact) mass is 281 g/mol. The number of carboxylic acid groups (broad SMARTS) is 1. The summed E-state index contributed by atoms with van der Waals surface area (Å²) in [6.07, 6.45) is 1.54. The molecule has 0 radical (unpaired) electrons. The normalized spacial score (nSPS) is 15.4. The zero-order valence-electron chi connectivity index (χ0n) is 11.0. The van der Waals surface area contributed by atoms with Gasteiger partial charge in [-0.1, -0.05) is 0 Å². The Hall–Kier alpha value is -2.31. The Morgan fingerprint density at radius 2 is 2.20 bits per heavy atom. The molecule has 7 nitrogen and oxygen atoms in total. The molecule has 7 heteroatoms. The number of ether oxygens (including phenoxy) is 2. The Kier molecular flexibility index (Phi) is 3.78. The van der Waals surface area contributed by atoms with E-state index in [0.29, 0.717) is 5.75 Å². The molecule has 2 rings (SSSR count). The molecule has 0 atom stereocenters. The van der Waals surface area contributed by atoms with Crippen LogP contribution in [0.1, 0.15) is 19.3 Å². The molecule has 0 unspecified atom stereocenters. The number of carbonyl (C=O) groups is 1. The highest BCUT2D eigenvalue weighted by Gasteiger charge is 2.45. The van der Waals surface area contributed by atoms with E-state index in [-0.39, 0.29) is 29.9 Å². The summed E-state index contributed by atoms with van der Waals surface area (Å²) in [4.78, 5) is 21.2. The third-order valence-electron chi connectivity index (χ3n) is 3.38. The van der Waals surface area contributed by atoms with Gasteiger partial charge in [-0.2, -0.15) is 0 Å². The van der Waals surface area contributed by atoms with E-state index in [1.54, 1.807) is 0 Å². The third kappa shape index (κ3) is 3.17. The van der Waals surface area contributed by atoms with Crippen molar-refractivity contribution in [1.29, 1.82) is 0 Å². The zero-order chi connectivity index (χ0) is 14.8. The zero-order valence-corrected chi connectivity index (χ0v) is 11.0. The Morgan fingerprint density at radius 3 is 2.70 bits per heavy atom. The number of rotatable bonds is 7. The fourth-order valence-corrected chi connectivity index (χ4v) is 1.99. The molecule has 108 valence electrons. The molecular weight excluding hydrogens is 266 g/mol. The van der Waals surface area contributed by atoms with Crippen LogP contribution in [0.3, 0.4) is 0 Å². The van der Waals surface area contributed by atoms with Gasteiger partial charge in [0.2, 0.25) is 5.75 Å². The molecule has 1 fully saturated rings. The molecule has 0 aromatic heterocycles. The van der Waals surface area contributed by atoms with Crippen molar-refractivity contribution < 1.29 is 24.3 Å². The Labute approximate surface area is 115 Å². The molecule has 1 saturated carbocycles. The van der Waals surface area contributed by atoms with Crippen molar-refractivity contribution in [2.75, 3.05) is 13.7 Å². The van der Waals surface area contributed by atoms with Crippen LogP contribution in [-0.4, -0.2) is 29.7 Å². The molecule has 20 heavy (non-hydrogen) atoms. The summed E-state index contributed by atoms with van der Waals surface area (Å²) < 4.78 is 10.5. The molecule has 0 aliphatic heterocycles. The Balaban J connectivity index is 2.12. The second kappa shape index (κ2) is 5.36. The van der Waals surface area contributed by atoms with E-state index in [4.69, 9.17) is 14.6 Å². The Morgan fingerprint density at radius 1 is 1.50 bits per heavy atom. The predicted molar refractivity (Wildman–Crippen MR) is 69.1 cm³/mol. The highest BCUT2D eigenvalue weighted by molar-refractivity contribution is 5.68. The first kappa shape index (κ1) is 14.1. The van der Waals surface area contributed by atoms with E-state index < -0.39 is 10.9 Å². The van der Waals surface area contributed by atoms with Gasteiger partial charge in [0, 0.05) is 17.5 Å². The van der Waals surface area contributed by atoms with E-state index in [1.165, 1.54) is 25.3 Å². The minimum Gasteiger partial charge on any atom is -0.497 e. The first-order valence-electron chi connectivity index (χ1n) is 6.13. The first-order valence-corrected chi connectivity index (χ1v) is 6.13. The second-order valence-electron chi connectivity index (χ2n) is 4.95. The number of nitro benzene ring substituents is 1. The maximum atomic E-state index is 10.9. The molecule has 0 bridgehead atoms. The molecule has 1 aromatic carbocycles. The van der Waals surface area contributed by atoms with E-state index >= 15 is 0 Å². The number of aliphatic carboxylic acids is 1. The van der Waals surface area contributed by atoms with Crippen molar-refractivity contribution in [2.24, 2.45) is 5.41 Å². The molecular formula is C13H15NO6. The minimum absolute atomic E-state index is 0.0186. The van der Waals surface area contributed by atoms with Crippen molar-refractivity contribution >= 4 is 11.7 Å². The molecule has 0 heterocycles. The number of hydrogen-bond acceptors (Lipinski definition) is 5. The maximum Gasteiger partial charge on any atom is 0.311 e. The lowest BCUT2D eigenvalue weighted by Gasteiger charge is -2.14. The largest absolute Gasteiger partial charge is 0.497 e. The second-order valence-corrected chi connectivity index (χ2v) is 4.95. The van der Waals surface area contributed by atoms with Crippen LogP contribution in [0.2, 0.25) is 0 Å². The summed E-state index contributed by atoms with van der Waals surface area (Å²) in [5.74, 6) is -0.328. The van der Waals surface area contributed by atoms with Gasteiger partial charge in [0.25, 0.3) is 0 Å². The van der Waals surface area contributed by atoms with Gasteiger partial charge < -0.3 is 14.6 Å². The average molecular weight is 281 g/mol. The summed E-state index contributed by atoms with van der Waals surface area (Å²) in [5.41, 5.74) is -0.542. The smallest absolute Gasteiger partial charge is 0.311 e. The van der Waals surface area contributed by atoms with Gasteiger partial charge in [-0.15, -0.1) is 0 Å². The van der Waals surface area contributed by atoms with Gasteiger partial charge >= 0.3 is 11.7 Å². The lowest BCUT2D eigenvalue weighted by atomic mass is 10.0. The standard InChI is InChI=1S/C13H15NO6/c1-19-9-2-3-10(14(17)18)11(6-9)20-8-13(4-5-13)7-12(15)16/h2-3,6H,4-5,7-8H2,1H3,(H,15,16). The molecule has 1 N–H and O–H groups in total. The molecule has 1 aliphatic carbocycles. The van der Waals surface area contributed by atoms with Crippen LogP contribution < -0.4 is 9.47 Å². The van der Waals surface area contributed by atoms with Crippen LogP contribution in [0, 0.1) is 15.5 Å². The lowest BCUT2D eigenvalue weighted by molar-refractivity contribution is -0.385. The number of benzene rings is 1. The number of methoxy groups -OCH3 is 1. The van der Waals surface area contributed by atoms with Gasteiger partial charge in [0.15, 0.2) is 0 Å². The van der Waals surface area contributed by atoms with Crippen molar-refractivity contribution in [1.82, 2.24) is 0 Å². The van der Waals surface area contributed by atoms with Crippen LogP contribution in [-0.2, 0) is 4.79 Å². The summed E-state index contributed by atoms with van der Waals surface area (Å²) in [6, 6.07) is 4.23. The molecule has 0 spiro atoms. The minimum atomic E-state index is -0.883. The van der Waals surface area contributed by atoms with E-state index in [0.717, 1.165) is 12.8 Å². The lowest BCUT2D eigenvalue weighted by Crippen LogP contribution is -2.17. The van der Waals surface area contributed by atoms with Crippen molar-refractivity contribution in [3.63, 3.8) is 0 Å². The summed E-state index contributed by atoms with van der Waals surface area (Å²) in [6.45, 7) is 0.160. The molecule has 1 aliphatic rings. The van der Waals surface area contributed by atoms with Crippen LogP contribution in [0.25, 0.3) is 0 Å². The number of nitrogens with zero attached hydrogens (tertiary/aromatic N) is 1. The summed E-state index contributed by atoms with van der Waals surface area (Å²) in [5, 5.41) is 19.8. The summed E-state index contributed by atoms with van der Waals surface area (Å²) in [7, 11) is 1.46. The SMILES string of the molecule is COc1ccc([N+](=O)[O-])c(OCC2(CC(=O)O)CC2)c1. The summed E-state index contributed by atoms with van der Waals surface area (Å²) >= 11 is 0. The van der Waals surface area contributed by atoms with Crippen molar-refractivity contribution in [3.05, 3.63) is 28.3 Å².